The van der Waals surface area contributed by atoms with Gasteiger partial charge in [-0.2, -0.15) is 13.2 Å². The normalized spacial score (nSPS) is 27.4. The lowest BCUT2D eigenvalue weighted by Crippen LogP contribution is -2.33. The molecule has 0 saturated heterocycles. The van der Waals surface area contributed by atoms with Crippen LogP contribution < -0.4 is 5.32 Å². The van der Waals surface area contributed by atoms with Crippen LogP contribution in [0, 0.1) is 11.8 Å². The highest BCUT2D eigenvalue weighted by Gasteiger charge is 2.33. The molecule has 0 amide bonds. The summed E-state index contributed by atoms with van der Waals surface area (Å²) in [6, 6.07) is 4.60. The Balaban J connectivity index is 2.17. The van der Waals surface area contributed by atoms with E-state index in [0.717, 1.165) is 12.8 Å². The van der Waals surface area contributed by atoms with E-state index < -0.39 is 11.7 Å². The van der Waals surface area contributed by atoms with Gasteiger partial charge in [0, 0.05) is 16.2 Å². The maximum Gasteiger partial charge on any atom is 0.417 e. The Hall–Kier alpha value is -0.710. The Morgan fingerprint density at radius 3 is 2.55 bits per heavy atom. The summed E-state index contributed by atoms with van der Waals surface area (Å²) in [6.07, 6.45) is -0.991. The summed E-state index contributed by atoms with van der Waals surface area (Å²) in [7, 11) is 0. The van der Waals surface area contributed by atoms with Gasteiger partial charge in [-0.05, 0) is 42.9 Å². The average Bonchev–Trinajstić information content (AvgIpc) is 2.35. The molecule has 1 aromatic rings. The predicted octanol–water partition coefficient (Wildman–Crippen LogP) is 5.70. The monoisotopic (exact) mass is 349 g/mol. The van der Waals surface area contributed by atoms with Gasteiger partial charge in [-0.25, -0.2) is 0 Å². The lowest BCUT2D eigenvalue weighted by Gasteiger charge is -2.34. The highest BCUT2D eigenvalue weighted by Crippen LogP contribution is 2.37. The summed E-state index contributed by atoms with van der Waals surface area (Å²) in [6.45, 7) is 4.36. The molecule has 0 aromatic heterocycles. The molecule has 5 heteroatoms. The summed E-state index contributed by atoms with van der Waals surface area (Å²) in [4.78, 5) is 0. The minimum Gasteiger partial charge on any atom is -0.382 e. The van der Waals surface area contributed by atoms with Gasteiger partial charge in [-0.15, -0.1) is 0 Å². The minimum absolute atomic E-state index is 0.0839. The average molecular weight is 350 g/mol. The molecule has 0 bridgehead atoms. The van der Waals surface area contributed by atoms with Crippen LogP contribution in [0.3, 0.4) is 0 Å². The van der Waals surface area contributed by atoms with Crippen molar-refractivity contribution in [1.82, 2.24) is 0 Å². The number of alkyl halides is 3. The van der Waals surface area contributed by atoms with Crippen LogP contribution in [0.2, 0.25) is 0 Å². The molecule has 1 nitrogen and oxygen atoms in total. The van der Waals surface area contributed by atoms with Gasteiger partial charge >= 0.3 is 6.18 Å². The van der Waals surface area contributed by atoms with E-state index in [-0.39, 0.29) is 10.5 Å². The topological polar surface area (TPSA) is 12.0 Å². The molecular weight excluding hydrogens is 331 g/mol. The number of benzene rings is 1. The highest BCUT2D eigenvalue weighted by atomic mass is 79.9. The van der Waals surface area contributed by atoms with Crippen molar-refractivity contribution >= 4 is 21.6 Å². The van der Waals surface area contributed by atoms with E-state index in [2.05, 4.69) is 35.1 Å². The van der Waals surface area contributed by atoms with E-state index in [0.29, 0.717) is 17.5 Å². The van der Waals surface area contributed by atoms with Crippen molar-refractivity contribution < 1.29 is 13.2 Å². The molecule has 3 atom stereocenters. The molecule has 20 heavy (non-hydrogen) atoms. The molecular formula is C15H19BrF3N. The smallest absolute Gasteiger partial charge is 0.382 e. The van der Waals surface area contributed by atoms with Crippen LogP contribution in [0.4, 0.5) is 18.9 Å². The minimum atomic E-state index is -4.33. The van der Waals surface area contributed by atoms with Gasteiger partial charge in [0.05, 0.1) is 5.56 Å². The van der Waals surface area contributed by atoms with Crippen molar-refractivity contribution in [3.05, 3.63) is 28.2 Å². The Labute approximate surface area is 126 Å². The molecule has 1 aromatic carbocycles. The van der Waals surface area contributed by atoms with Crippen LogP contribution in [-0.2, 0) is 6.18 Å². The van der Waals surface area contributed by atoms with Crippen LogP contribution in [0.1, 0.15) is 38.7 Å². The molecule has 0 spiro atoms. The first-order valence-electron chi connectivity index (χ1n) is 6.90. The third kappa shape index (κ3) is 3.68. The maximum absolute atomic E-state index is 12.9. The first-order valence-corrected chi connectivity index (χ1v) is 7.70. The molecule has 1 N–H and O–H groups in total. The maximum atomic E-state index is 12.9. The van der Waals surface area contributed by atoms with Crippen molar-refractivity contribution in [2.75, 3.05) is 5.32 Å². The van der Waals surface area contributed by atoms with E-state index in [9.17, 15) is 13.2 Å². The van der Waals surface area contributed by atoms with Gasteiger partial charge in [0.15, 0.2) is 0 Å². The number of hydrogen-bond donors (Lipinski definition) is 1. The van der Waals surface area contributed by atoms with Crippen LogP contribution in [0.15, 0.2) is 22.7 Å². The lowest BCUT2D eigenvalue weighted by atomic mass is 9.80. The van der Waals surface area contributed by atoms with Crippen molar-refractivity contribution in [2.45, 2.75) is 45.3 Å². The summed E-state index contributed by atoms with van der Waals surface area (Å²) in [5.41, 5.74) is -0.0783. The molecule has 0 radical (unpaired) electrons. The number of nitrogens with one attached hydrogen (secondary N) is 1. The number of halogens is 4. The molecule has 1 fully saturated rings. The summed E-state index contributed by atoms with van der Waals surface area (Å²) < 4.78 is 38.7. The van der Waals surface area contributed by atoms with Gasteiger partial charge < -0.3 is 5.32 Å². The van der Waals surface area contributed by atoms with Crippen LogP contribution in [0.25, 0.3) is 0 Å². The van der Waals surface area contributed by atoms with Crippen LogP contribution >= 0.6 is 15.9 Å². The fourth-order valence-corrected chi connectivity index (χ4v) is 3.25. The standard InChI is InChI=1S/C15H19BrF3N/c1-9-3-4-10(2)14(7-9)20-11-5-6-13(16)12(8-11)15(17,18)19/h5-6,8-10,14,20H,3-4,7H2,1-2H3. The van der Waals surface area contributed by atoms with Crippen molar-refractivity contribution in [2.24, 2.45) is 11.8 Å². The van der Waals surface area contributed by atoms with E-state index in [1.807, 2.05) is 0 Å². The molecule has 0 heterocycles. The van der Waals surface area contributed by atoms with E-state index in [1.54, 1.807) is 6.07 Å². The second-order valence-corrected chi connectivity index (χ2v) is 6.69. The van der Waals surface area contributed by atoms with Crippen molar-refractivity contribution in [1.29, 1.82) is 0 Å². The van der Waals surface area contributed by atoms with E-state index in [1.165, 1.54) is 18.6 Å². The number of rotatable bonds is 2. The molecule has 0 aliphatic heterocycles. The molecule has 3 unspecified atom stereocenters. The van der Waals surface area contributed by atoms with Crippen molar-refractivity contribution in [3.8, 4) is 0 Å². The zero-order chi connectivity index (χ0) is 14.9. The molecule has 1 saturated carbocycles. The summed E-state index contributed by atoms with van der Waals surface area (Å²) >= 11 is 2.97. The lowest BCUT2D eigenvalue weighted by molar-refractivity contribution is -0.138. The third-order valence-electron chi connectivity index (χ3n) is 4.08. The second-order valence-electron chi connectivity index (χ2n) is 5.84. The zero-order valence-corrected chi connectivity index (χ0v) is 13.2. The fourth-order valence-electron chi connectivity index (χ4n) is 2.78. The zero-order valence-electron chi connectivity index (χ0n) is 11.6. The molecule has 1 aliphatic rings. The van der Waals surface area contributed by atoms with Crippen molar-refractivity contribution in [3.63, 3.8) is 0 Å². The van der Waals surface area contributed by atoms with Gasteiger partial charge in [0.2, 0.25) is 0 Å². The number of anilines is 1. The molecule has 112 valence electrons. The van der Waals surface area contributed by atoms with E-state index in [4.69, 9.17) is 0 Å². The summed E-state index contributed by atoms with van der Waals surface area (Å²) in [5, 5.41) is 3.28. The van der Waals surface area contributed by atoms with Gasteiger partial charge in [0.25, 0.3) is 0 Å². The first kappa shape index (κ1) is 15.7. The Morgan fingerprint density at radius 2 is 1.90 bits per heavy atom. The molecule has 2 rings (SSSR count). The third-order valence-corrected chi connectivity index (χ3v) is 4.77. The second kappa shape index (κ2) is 5.96. The first-order chi connectivity index (χ1) is 9.27. The summed E-state index contributed by atoms with van der Waals surface area (Å²) in [5.74, 6) is 1.12. The largest absolute Gasteiger partial charge is 0.417 e. The van der Waals surface area contributed by atoms with Crippen LogP contribution in [0.5, 0.6) is 0 Å². The van der Waals surface area contributed by atoms with Gasteiger partial charge in [-0.1, -0.05) is 36.2 Å². The number of hydrogen-bond acceptors (Lipinski definition) is 1. The Bertz CT molecular complexity index is 473. The van der Waals surface area contributed by atoms with E-state index >= 15 is 0 Å². The molecule has 1 aliphatic carbocycles. The van der Waals surface area contributed by atoms with Gasteiger partial charge in [0.1, 0.15) is 0 Å². The quantitative estimate of drug-likeness (QED) is 0.721. The highest BCUT2D eigenvalue weighted by molar-refractivity contribution is 9.10. The predicted molar refractivity (Wildman–Crippen MR) is 78.7 cm³/mol. The fraction of sp³-hybridized carbons (Fsp3) is 0.600. The van der Waals surface area contributed by atoms with Gasteiger partial charge in [-0.3, -0.25) is 0 Å². The Kier molecular flexibility index (Phi) is 4.67. The Morgan fingerprint density at radius 1 is 1.20 bits per heavy atom. The van der Waals surface area contributed by atoms with Crippen LogP contribution in [-0.4, -0.2) is 6.04 Å². The SMILES string of the molecule is CC1CCC(C)C(Nc2ccc(Br)c(C(F)(F)F)c2)C1.